The average Bonchev–Trinajstić information content (AvgIpc) is 3.04. The van der Waals surface area contributed by atoms with Gasteiger partial charge in [-0.3, -0.25) is 0 Å². The maximum atomic E-state index is 2.31. The van der Waals surface area contributed by atoms with Crippen LogP contribution in [-0.4, -0.2) is 12.3 Å². The second kappa shape index (κ2) is 43.9. The first-order chi connectivity index (χ1) is 21.9. The van der Waals surface area contributed by atoms with E-state index in [-0.39, 0.29) is 0 Å². The van der Waals surface area contributed by atoms with Gasteiger partial charge >= 0.3 is 164 Å². The first-order valence-electron chi connectivity index (χ1n) is 21.6. The Labute approximate surface area is 285 Å². The summed E-state index contributed by atoms with van der Waals surface area (Å²) < 4.78 is 0. The first kappa shape index (κ1) is 44.9. The molecule has 0 aromatic carbocycles. The predicted molar refractivity (Wildman–Crippen MR) is 216 cm³/mol. The number of hydrogen-bond acceptors (Lipinski definition) is 0. The van der Waals surface area contributed by atoms with Crippen molar-refractivity contribution in [3.8, 4) is 0 Å². The summed E-state index contributed by atoms with van der Waals surface area (Å²) in [6.45, 7) is 4.62. The molecule has 0 aromatic rings. The van der Waals surface area contributed by atoms with E-state index in [0.29, 0.717) is 8.27 Å². The Balaban J connectivity index is 3.03. The van der Waals surface area contributed by atoms with Crippen LogP contribution < -0.4 is 0 Å². The molecule has 268 valence electrons. The van der Waals surface area contributed by atoms with E-state index in [4.69, 9.17) is 0 Å². The molecule has 0 aromatic heterocycles. The number of rotatable bonds is 41. The topological polar surface area (TPSA) is 0 Å². The van der Waals surface area contributed by atoms with Crippen LogP contribution in [0, 0.1) is 0 Å². The smallest absolute Gasteiger partial charge is 0.0654 e. The summed E-state index contributed by atoms with van der Waals surface area (Å²) in [7, 11) is 1.69. The predicted octanol–water partition coefficient (Wildman–Crippen LogP) is 16.6. The van der Waals surface area contributed by atoms with Gasteiger partial charge in [0.1, 0.15) is 0 Å². The fraction of sp³-hybridized carbons (Fsp3) is 1.00. The van der Waals surface area contributed by atoms with Crippen molar-refractivity contribution in [3.05, 3.63) is 0 Å². The van der Waals surface area contributed by atoms with E-state index in [0.717, 1.165) is 0 Å². The Bertz CT molecular complexity index is 423. The molecule has 0 amide bonds. The molecule has 0 saturated heterocycles. The summed E-state index contributed by atoms with van der Waals surface area (Å²) in [6, 6.07) is 0. The third-order valence-electron chi connectivity index (χ3n) is 10.2. The zero-order chi connectivity index (χ0) is 31.7. The van der Waals surface area contributed by atoms with Crippen molar-refractivity contribution in [2.45, 2.75) is 258 Å². The molecule has 0 aliphatic rings. The summed E-state index contributed by atoms with van der Waals surface area (Å²) in [5.74, 6) is 0. The molecule has 2 heteroatoms. The van der Waals surface area contributed by atoms with E-state index in [1.54, 1.807) is 25.2 Å². The Hall–Kier alpha value is 0.860. The molecule has 0 heterocycles. The standard InChI is InChI=1S/C42H90P2/c1-3-5-7-9-11-13-15-17-19-21-23-25-27-29-31-33-35-37-39-41-43-44-42-40-38-36-34-32-30-28-26-24-22-20-18-16-14-12-10-8-6-4-2/h43H,3-42H2,1-2,44H3. The molecule has 0 bridgehead atoms. The first-order valence-corrected chi connectivity index (χ1v) is 26.2. The van der Waals surface area contributed by atoms with Crippen molar-refractivity contribution >= 4 is 16.5 Å². The van der Waals surface area contributed by atoms with Crippen LogP contribution in [0.4, 0.5) is 0 Å². The monoisotopic (exact) mass is 657 g/mol. The number of unbranched alkanes of at least 4 members (excludes halogenated alkanes) is 36. The third kappa shape index (κ3) is 42.9. The molecule has 0 radical (unpaired) electrons. The van der Waals surface area contributed by atoms with E-state index < -0.39 is 0 Å². The van der Waals surface area contributed by atoms with E-state index in [9.17, 15) is 0 Å². The zero-order valence-corrected chi connectivity index (χ0v) is 33.9. The Morgan fingerprint density at radius 3 is 0.705 bits per heavy atom. The van der Waals surface area contributed by atoms with Gasteiger partial charge in [0.15, 0.2) is 0 Å². The molecular weight excluding hydrogens is 566 g/mol. The van der Waals surface area contributed by atoms with E-state index in [1.807, 2.05) is 0 Å². The van der Waals surface area contributed by atoms with Crippen molar-refractivity contribution in [2.75, 3.05) is 12.3 Å². The van der Waals surface area contributed by atoms with Crippen LogP contribution in [-0.2, 0) is 0 Å². The van der Waals surface area contributed by atoms with Gasteiger partial charge in [0.05, 0.1) is 0 Å². The van der Waals surface area contributed by atoms with Gasteiger partial charge in [-0.1, -0.05) is 123 Å². The van der Waals surface area contributed by atoms with Gasteiger partial charge in [0, 0.05) is 0 Å². The van der Waals surface area contributed by atoms with Gasteiger partial charge < -0.3 is 0 Å². The molecule has 0 rings (SSSR count). The van der Waals surface area contributed by atoms with Crippen LogP contribution in [0.2, 0.25) is 0 Å². The summed E-state index contributed by atoms with van der Waals surface area (Å²) in [5, 5.41) is 0. The molecule has 0 fully saturated rings. The fourth-order valence-corrected chi connectivity index (χ4v) is 11.6. The van der Waals surface area contributed by atoms with Crippen LogP contribution >= 0.6 is 16.5 Å². The summed E-state index contributed by atoms with van der Waals surface area (Å²) in [5.41, 5.74) is 0. The molecule has 44 heavy (non-hydrogen) atoms. The Kier molecular flexibility index (Phi) is 44.7. The average molecular weight is 657 g/mol. The normalized spacial score (nSPS) is 12.0. The van der Waals surface area contributed by atoms with Gasteiger partial charge in [0.25, 0.3) is 0 Å². The molecule has 0 N–H and O–H groups in total. The second-order valence-corrected chi connectivity index (χ2v) is 20.0. The molecule has 0 spiro atoms. The summed E-state index contributed by atoms with van der Waals surface area (Å²) in [4.78, 5) is 0. The zero-order valence-electron chi connectivity index (χ0n) is 31.5. The van der Waals surface area contributed by atoms with Crippen LogP contribution in [0.5, 0.6) is 0 Å². The van der Waals surface area contributed by atoms with Crippen molar-refractivity contribution in [3.63, 3.8) is 0 Å². The van der Waals surface area contributed by atoms with Crippen molar-refractivity contribution in [1.82, 2.24) is 0 Å². The molecule has 1 unspecified atom stereocenters. The van der Waals surface area contributed by atoms with Crippen LogP contribution in [0.3, 0.4) is 0 Å². The van der Waals surface area contributed by atoms with Gasteiger partial charge in [-0.15, -0.1) is 0 Å². The fourth-order valence-electron chi connectivity index (χ4n) is 6.96. The van der Waals surface area contributed by atoms with E-state index in [1.165, 1.54) is 239 Å². The van der Waals surface area contributed by atoms with Crippen molar-refractivity contribution in [1.29, 1.82) is 0 Å². The van der Waals surface area contributed by atoms with Gasteiger partial charge in [-0.05, 0) is 0 Å². The van der Waals surface area contributed by atoms with Gasteiger partial charge in [-0.2, -0.15) is 0 Å². The van der Waals surface area contributed by atoms with Crippen LogP contribution in [0.25, 0.3) is 0 Å². The number of hydrogen-bond donors (Lipinski definition) is 0. The minimum Gasteiger partial charge on any atom is -0.0654 e. The molecule has 1 atom stereocenters. The molecular formula is C42H90P2. The van der Waals surface area contributed by atoms with Gasteiger partial charge in [-0.25, -0.2) is 0 Å². The Morgan fingerprint density at radius 1 is 0.250 bits per heavy atom. The van der Waals surface area contributed by atoms with Gasteiger partial charge in [0.2, 0.25) is 0 Å². The SMILES string of the molecule is CCCCCCCCCCCCCCCCCCCCCP[PH3]CCCCCCCCCCCCCCCCCCCCC. The minimum absolute atomic E-state index is 0.302. The minimum atomic E-state index is 0.302. The molecule has 0 aliphatic heterocycles. The molecule has 0 nitrogen and oxygen atoms in total. The van der Waals surface area contributed by atoms with E-state index >= 15 is 0 Å². The maximum absolute atomic E-state index is 2.31. The molecule has 0 saturated carbocycles. The van der Waals surface area contributed by atoms with Crippen molar-refractivity contribution < 1.29 is 0 Å². The summed E-state index contributed by atoms with van der Waals surface area (Å²) in [6.07, 6.45) is 60.0. The molecule has 0 aliphatic carbocycles. The van der Waals surface area contributed by atoms with E-state index in [2.05, 4.69) is 13.8 Å². The second-order valence-electron chi connectivity index (χ2n) is 14.8. The quantitative estimate of drug-likeness (QED) is 0.0454. The third-order valence-corrected chi connectivity index (χ3v) is 15.3. The summed E-state index contributed by atoms with van der Waals surface area (Å²) >= 11 is 0. The Morgan fingerprint density at radius 2 is 0.455 bits per heavy atom. The van der Waals surface area contributed by atoms with Crippen molar-refractivity contribution in [2.24, 2.45) is 0 Å². The van der Waals surface area contributed by atoms with Crippen LogP contribution in [0.1, 0.15) is 258 Å². The van der Waals surface area contributed by atoms with Crippen LogP contribution in [0.15, 0.2) is 0 Å².